The van der Waals surface area contributed by atoms with E-state index in [2.05, 4.69) is 10.1 Å². The molecule has 2 aromatic carbocycles. The summed E-state index contributed by atoms with van der Waals surface area (Å²) < 4.78 is 27.3. The lowest BCUT2D eigenvalue weighted by atomic mass is 10.1. The lowest BCUT2D eigenvalue weighted by Crippen LogP contribution is -1.93. The zero-order valence-electron chi connectivity index (χ0n) is 16.1. The van der Waals surface area contributed by atoms with E-state index in [-0.39, 0.29) is 0 Å². The first-order valence-electron chi connectivity index (χ1n) is 8.73. The molecule has 0 fully saturated rings. The first kappa shape index (κ1) is 17.9. The number of benzene rings is 2. The van der Waals surface area contributed by atoms with Crippen molar-refractivity contribution in [3.63, 3.8) is 0 Å². The fourth-order valence-electron chi connectivity index (χ4n) is 3.10. The van der Waals surface area contributed by atoms with E-state index in [0.717, 1.165) is 27.8 Å². The number of hydrogen-bond acceptors (Lipinski definition) is 7. The molecule has 7 nitrogen and oxygen atoms in total. The Balaban J connectivity index is 1.65. The van der Waals surface area contributed by atoms with Gasteiger partial charge in [0.25, 0.3) is 0 Å². The summed E-state index contributed by atoms with van der Waals surface area (Å²) in [4.78, 5) is 4.50. The molecule has 0 bridgehead atoms. The largest absolute Gasteiger partial charge is 0.497 e. The van der Waals surface area contributed by atoms with E-state index in [0.29, 0.717) is 35.4 Å². The number of fused-ring (bicyclic) bond motifs is 1. The third-order valence-corrected chi connectivity index (χ3v) is 4.58. The van der Waals surface area contributed by atoms with Crippen molar-refractivity contribution in [3.8, 4) is 28.8 Å². The van der Waals surface area contributed by atoms with Crippen molar-refractivity contribution < 1.29 is 23.2 Å². The minimum Gasteiger partial charge on any atom is -0.497 e. The smallest absolute Gasteiger partial charge is 0.238 e. The van der Waals surface area contributed by atoms with Crippen LogP contribution in [0, 0.1) is 6.92 Å². The predicted molar refractivity (Wildman–Crippen MR) is 103 cm³/mol. The molecule has 28 heavy (non-hydrogen) atoms. The van der Waals surface area contributed by atoms with Crippen LogP contribution in [-0.2, 0) is 6.42 Å². The summed E-state index contributed by atoms with van der Waals surface area (Å²) in [6.45, 7) is 1.96. The van der Waals surface area contributed by atoms with Crippen LogP contribution < -0.4 is 14.2 Å². The van der Waals surface area contributed by atoms with Crippen molar-refractivity contribution >= 4 is 11.0 Å². The second kappa shape index (κ2) is 7.26. The quantitative estimate of drug-likeness (QED) is 0.490. The van der Waals surface area contributed by atoms with E-state index in [9.17, 15) is 0 Å². The summed E-state index contributed by atoms with van der Waals surface area (Å²) in [5.74, 6) is 3.65. The highest BCUT2D eigenvalue weighted by Gasteiger charge is 2.19. The summed E-state index contributed by atoms with van der Waals surface area (Å²) in [6.07, 6.45) is 0.452. The number of ether oxygens (including phenoxy) is 3. The van der Waals surface area contributed by atoms with E-state index < -0.39 is 0 Å². The molecule has 0 unspecified atom stereocenters. The van der Waals surface area contributed by atoms with Crippen LogP contribution in [0.4, 0.5) is 0 Å². The number of aromatic nitrogens is 2. The average Bonchev–Trinajstić information content (AvgIpc) is 3.31. The molecule has 0 aliphatic rings. The summed E-state index contributed by atoms with van der Waals surface area (Å²) in [5.41, 5.74) is 2.62. The molecule has 0 amide bonds. The van der Waals surface area contributed by atoms with Crippen molar-refractivity contribution in [1.82, 2.24) is 10.1 Å². The van der Waals surface area contributed by atoms with Gasteiger partial charge in [0.2, 0.25) is 11.7 Å². The van der Waals surface area contributed by atoms with Crippen molar-refractivity contribution in [3.05, 3.63) is 53.4 Å². The second-order valence-corrected chi connectivity index (χ2v) is 6.33. The van der Waals surface area contributed by atoms with Gasteiger partial charge in [0.15, 0.2) is 5.76 Å². The zero-order chi connectivity index (χ0) is 19.7. The van der Waals surface area contributed by atoms with Gasteiger partial charge >= 0.3 is 0 Å². The molecule has 7 heteroatoms. The monoisotopic (exact) mass is 380 g/mol. The first-order chi connectivity index (χ1) is 13.6. The van der Waals surface area contributed by atoms with Gasteiger partial charge in [-0.15, -0.1) is 0 Å². The molecule has 4 aromatic rings. The van der Waals surface area contributed by atoms with Crippen LogP contribution >= 0.6 is 0 Å². The van der Waals surface area contributed by atoms with E-state index in [4.69, 9.17) is 23.2 Å². The Morgan fingerprint density at radius 2 is 1.61 bits per heavy atom. The fraction of sp³-hybridized carbons (Fsp3) is 0.238. The highest BCUT2D eigenvalue weighted by atomic mass is 16.5. The minimum atomic E-state index is 0.414. The number of furan rings is 1. The Morgan fingerprint density at radius 1 is 0.893 bits per heavy atom. The lowest BCUT2D eigenvalue weighted by Gasteiger charge is -2.06. The van der Waals surface area contributed by atoms with Crippen LogP contribution in [-0.4, -0.2) is 31.5 Å². The molecule has 2 heterocycles. The number of hydrogen-bond donors (Lipinski definition) is 0. The Bertz CT molecular complexity index is 1110. The molecule has 0 N–H and O–H groups in total. The summed E-state index contributed by atoms with van der Waals surface area (Å²) in [5, 5.41) is 5.05. The average molecular weight is 380 g/mol. The van der Waals surface area contributed by atoms with E-state index in [1.165, 1.54) is 0 Å². The fourth-order valence-corrected chi connectivity index (χ4v) is 3.10. The highest BCUT2D eigenvalue weighted by molar-refractivity contribution is 5.87. The standard InChI is InChI=1S/C21H20N2O5/c1-12-17-11-14(24-2)5-6-18(17)27-20(12)21-22-19(28-23-21)9-13-7-15(25-3)10-16(8-13)26-4/h5-8,10-11H,9H2,1-4H3. The number of methoxy groups -OCH3 is 3. The maximum absolute atomic E-state index is 5.94. The van der Waals surface area contributed by atoms with Crippen LogP contribution in [0.25, 0.3) is 22.6 Å². The topological polar surface area (TPSA) is 79.8 Å². The van der Waals surface area contributed by atoms with Gasteiger partial charge in [-0.25, -0.2) is 0 Å². The van der Waals surface area contributed by atoms with Gasteiger partial charge in [-0.05, 0) is 42.8 Å². The van der Waals surface area contributed by atoms with E-state index in [1.54, 1.807) is 21.3 Å². The molecule has 2 aromatic heterocycles. The third kappa shape index (κ3) is 3.26. The van der Waals surface area contributed by atoms with Crippen LogP contribution in [0.15, 0.2) is 45.3 Å². The van der Waals surface area contributed by atoms with Crippen LogP contribution in [0.5, 0.6) is 17.2 Å². The first-order valence-corrected chi connectivity index (χ1v) is 8.73. The molecule has 0 atom stereocenters. The molecule has 4 rings (SSSR count). The van der Waals surface area contributed by atoms with Crippen molar-refractivity contribution in [2.75, 3.05) is 21.3 Å². The van der Waals surface area contributed by atoms with E-state index >= 15 is 0 Å². The maximum Gasteiger partial charge on any atom is 0.238 e. The summed E-state index contributed by atoms with van der Waals surface area (Å²) >= 11 is 0. The van der Waals surface area contributed by atoms with Crippen LogP contribution in [0.2, 0.25) is 0 Å². The molecular formula is C21H20N2O5. The van der Waals surface area contributed by atoms with Crippen molar-refractivity contribution in [2.45, 2.75) is 13.3 Å². The minimum absolute atomic E-state index is 0.414. The molecule has 0 spiro atoms. The molecular weight excluding hydrogens is 360 g/mol. The lowest BCUT2D eigenvalue weighted by molar-refractivity contribution is 0.381. The molecule has 0 saturated carbocycles. The Morgan fingerprint density at radius 3 is 2.29 bits per heavy atom. The summed E-state index contributed by atoms with van der Waals surface area (Å²) in [6, 6.07) is 11.3. The second-order valence-electron chi connectivity index (χ2n) is 6.33. The number of nitrogens with zero attached hydrogens (tertiary/aromatic N) is 2. The third-order valence-electron chi connectivity index (χ3n) is 4.58. The highest BCUT2D eigenvalue weighted by Crippen LogP contribution is 2.34. The predicted octanol–water partition coefficient (Wildman–Crippen LogP) is 4.41. The van der Waals surface area contributed by atoms with Gasteiger partial charge < -0.3 is 23.2 Å². The maximum atomic E-state index is 5.94. The normalized spacial score (nSPS) is 11.0. The molecule has 0 saturated heterocycles. The molecule has 0 aliphatic heterocycles. The van der Waals surface area contributed by atoms with Crippen molar-refractivity contribution in [2.24, 2.45) is 0 Å². The van der Waals surface area contributed by atoms with Gasteiger partial charge in [0, 0.05) is 17.0 Å². The zero-order valence-corrected chi connectivity index (χ0v) is 16.1. The van der Waals surface area contributed by atoms with Gasteiger partial charge in [0.05, 0.1) is 27.8 Å². The van der Waals surface area contributed by atoms with Gasteiger partial charge in [-0.2, -0.15) is 4.98 Å². The van der Waals surface area contributed by atoms with Crippen LogP contribution in [0.1, 0.15) is 17.0 Å². The van der Waals surface area contributed by atoms with Crippen LogP contribution in [0.3, 0.4) is 0 Å². The van der Waals surface area contributed by atoms with Gasteiger partial charge in [-0.1, -0.05) is 5.16 Å². The number of aryl methyl sites for hydroxylation is 1. The van der Waals surface area contributed by atoms with Gasteiger partial charge in [0.1, 0.15) is 22.8 Å². The number of rotatable bonds is 6. The summed E-state index contributed by atoms with van der Waals surface area (Å²) in [7, 11) is 4.86. The van der Waals surface area contributed by atoms with E-state index in [1.807, 2.05) is 43.3 Å². The Kier molecular flexibility index (Phi) is 4.65. The molecule has 0 aliphatic carbocycles. The van der Waals surface area contributed by atoms with Gasteiger partial charge in [-0.3, -0.25) is 0 Å². The Labute approximate surface area is 161 Å². The molecule has 0 radical (unpaired) electrons. The Hall–Kier alpha value is -3.48. The van der Waals surface area contributed by atoms with Crippen molar-refractivity contribution in [1.29, 1.82) is 0 Å². The SMILES string of the molecule is COc1cc(Cc2nc(-c3oc4ccc(OC)cc4c3C)no2)cc(OC)c1. The molecule has 144 valence electrons.